The third-order valence-corrected chi connectivity index (χ3v) is 3.08. The molecular formula is C10H14F6. The number of halogens is 6. The molecule has 0 nitrogen and oxygen atoms in total. The van der Waals surface area contributed by atoms with Crippen molar-refractivity contribution in [1.29, 1.82) is 0 Å². The Labute approximate surface area is 90.0 Å². The first kappa shape index (κ1) is 13.6. The predicted molar refractivity (Wildman–Crippen MR) is 46.8 cm³/mol. The smallest absolute Gasteiger partial charge is 0.170 e. The molecule has 0 heterocycles. The van der Waals surface area contributed by atoms with E-state index in [4.69, 9.17) is 0 Å². The van der Waals surface area contributed by atoms with Crippen LogP contribution in [-0.2, 0) is 0 Å². The number of alkyl halides is 6. The van der Waals surface area contributed by atoms with Gasteiger partial charge in [-0.1, -0.05) is 25.7 Å². The molecule has 0 atom stereocenters. The number of hydrogen-bond acceptors (Lipinski definition) is 0. The monoisotopic (exact) mass is 248 g/mol. The van der Waals surface area contributed by atoms with Gasteiger partial charge >= 0.3 is 12.4 Å². The maximum absolute atomic E-state index is 12.4. The molecule has 0 aromatic heterocycles. The van der Waals surface area contributed by atoms with Crippen molar-refractivity contribution in [1.82, 2.24) is 0 Å². The highest BCUT2D eigenvalue weighted by atomic mass is 19.4. The fourth-order valence-electron chi connectivity index (χ4n) is 2.36. The highest BCUT2D eigenvalue weighted by molar-refractivity contribution is 4.83. The first-order valence-electron chi connectivity index (χ1n) is 5.36. The summed E-state index contributed by atoms with van der Waals surface area (Å²) < 4.78 is 74.5. The van der Waals surface area contributed by atoms with Gasteiger partial charge in [-0.2, -0.15) is 26.3 Å². The molecule has 1 aliphatic carbocycles. The molecule has 0 aromatic rings. The molecule has 0 radical (unpaired) electrons. The number of hydrogen-bond donors (Lipinski definition) is 0. The van der Waals surface area contributed by atoms with E-state index in [0.717, 1.165) is 12.8 Å². The Morgan fingerprint density at radius 2 is 1.06 bits per heavy atom. The molecule has 0 unspecified atom stereocenters. The van der Waals surface area contributed by atoms with Crippen molar-refractivity contribution in [3.63, 3.8) is 0 Å². The Bertz CT molecular complexity index is 194. The van der Waals surface area contributed by atoms with E-state index in [1.165, 1.54) is 0 Å². The van der Waals surface area contributed by atoms with E-state index >= 15 is 0 Å². The van der Waals surface area contributed by atoms with E-state index < -0.39 is 24.2 Å². The zero-order valence-electron chi connectivity index (χ0n) is 8.67. The van der Waals surface area contributed by atoms with Gasteiger partial charge in [0, 0.05) is 0 Å². The lowest BCUT2D eigenvalue weighted by Crippen LogP contribution is -2.41. The second-order valence-electron chi connectivity index (χ2n) is 4.31. The standard InChI is InChI=1S/C10H14F6/c11-9(12,13)8(10(14,15)16)7-5-3-1-2-4-6-7/h7-8H,1-6H2. The van der Waals surface area contributed by atoms with E-state index in [1.807, 2.05) is 0 Å². The minimum atomic E-state index is -5.17. The SMILES string of the molecule is FC(F)(F)C(C1CCCCCC1)C(F)(F)F. The maximum Gasteiger partial charge on any atom is 0.400 e. The summed E-state index contributed by atoms with van der Waals surface area (Å²) in [7, 11) is 0. The van der Waals surface area contributed by atoms with Crippen molar-refractivity contribution in [2.45, 2.75) is 50.9 Å². The normalized spacial score (nSPS) is 21.2. The van der Waals surface area contributed by atoms with Gasteiger partial charge in [-0.15, -0.1) is 0 Å². The van der Waals surface area contributed by atoms with Gasteiger partial charge in [0.05, 0.1) is 0 Å². The third kappa shape index (κ3) is 3.56. The van der Waals surface area contributed by atoms with Gasteiger partial charge in [0.1, 0.15) is 0 Å². The van der Waals surface area contributed by atoms with Gasteiger partial charge in [-0.3, -0.25) is 0 Å². The van der Waals surface area contributed by atoms with E-state index in [1.54, 1.807) is 0 Å². The molecule has 0 amide bonds. The van der Waals surface area contributed by atoms with Crippen LogP contribution in [0, 0.1) is 11.8 Å². The zero-order chi connectivity index (χ0) is 12.4. The average Bonchev–Trinajstić information content (AvgIpc) is 2.27. The van der Waals surface area contributed by atoms with Gasteiger partial charge in [0.25, 0.3) is 0 Å². The zero-order valence-corrected chi connectivity index (χ0v) is 8.67. The van der Waals surface area contributed by atoms with Crippen LogP contribution >= 0.6 is 0 Å². The molecule has 6 heteroatoms. The van der Waals surface area contributed by atoms with Crippen molar-refractivity contribution < 1.29 is 26.3 Å². The second kappa shape index (κ2) is 4.84. The summed E-state index contributed by atoms with van der Waals surface area (Å²) in [4.78, 5) is 0. The van der Waals surface area contributed by atoms with Crippen LogP contribution in [0.3, 0.4) is 0 Å². The van der Waals surface area contributed by atoms with Gasteiger partial charge < -0.3 is 0 Å². The Balaban J connectivity index is 2.83. The van der Waals surface area contributed by atoms with Gasteiger partial charge in [-0.25, -0.2) is 0 Å². The van der Waals surface area contributed by atoms with Crippen molar-refractivity contribution in [3.8, 4) is 0 Å². The quantitative estimate of drug-likeness (QED) is 0.466. The molecule has 1 fully saturated rings. The molecule has 0 saturated heterocycles. The van der Waals surface area contributed by atoms with Crippen LogP contribution in [-0.4, -0.2) is 12.4 Å². The topological polar surface area (TPSA) is 0 Å². The summed E-state index contributed by atoms with van der Waals surface area (Å²) in [5, 5.41) is 0. The van der Waals surface area contributed by atoms with Crippen LogP contribution in [0.5, 0.6) is 0 Å². The summed E-state index contributed by atoms with van der Waals surface area (Å²) in [6, 6.07) is 0. The van der Waals surface area contributed by atoms with Crippen molar-refractivity contribution in [3.05, 3.63) is 0 Å². The van der Waals surface area contributed by atoms with Gasteiger partial charge in [0.2, 0.25) is 0 Å². The second-order valence-corrected chi connectivity index (χ2v) is 4.31. The van der Waals surface area contributed by atoms with Crippen molar-refractivity contribution >= 4 is 0 Å². The third-order valence-electron chi connectivity index (χ3n) is 3.08. The largest absolute Gasteiger partial charge is 0.400 e. The van der Waals surface area contributed by atoms with E-state index in [9.17, 15) is 26.3 Å². The fourth-order valence-corrected chi connectivity index (χ4v) is 2.36. The molecule has 1 rings (SSSR count). The number of rotatable bonds is 1. The van der Waals surface area contributed by atoms with E-state index in [-0.39, 0.29) is 12.8 Å². The van der Waals surface area contributed by atoms with E-state index in [0.29, 0.717) is 12.8 Å². The molecule has 0 bridgehead atoms. The summed E-state index contributed by atoms with van der Waals surface area (Å²) in [5.74, 6) is -4.43. The molecule has 16 heavy (non-hydrogen) atoms. The van der Waals surface area contributed by atoms with Crippen LogP contribution in [0.2, 0.25) is 0 Å². The molecule has 0 aromatic carbocycles. The van der Waals surface area contributed by atoms with Gasteiger partial charge in [-0.05, 0) is 18.8 Å². The van der Waals surface area contributed by atoms with Crippen LogP contribution in [0.4, 0.5) is 26.3 Å². The Hall–Kier alpha value is -0.420. The Kier molecular flexibility index (Phi) is 4.12. The highest BCUT2D eigenvalue weighted by Gasteiger charge is 2.59. The molecule has 1 saturated carbocycles. The lowest BCUT2D eigenvalue weighted by molar-refractivity contribution is -0.299. The van der Waals surface area contributed by atoms with Crippen LogP contribution < -0.4 is 0 Å². The summed E-state index contributed by atoms with van der Waals surface area (Å²) in [5.41, 5.74) is 0. The van der Waals surface area contributed by atoms with E-state index in [2.05, 4.69) is 0 Å². The first-order chi connectivity index (χ1) is 7.23. The Morgan fingerprint density at radius 3 is 1.38 bits per heavy atom. The Morgan fingerprint density at radius 1 is 0.688 bits per heavy atom. The summed E-state index contributed by atoms with van der Waals surface area (Å²) >= 11 is 0. The van der Waals surface area contributed by atoms with Crippen LogP contribution in [0.15, 0.2) is 0 Å². The molecule has 1 aliphatic rings. The van der Waals surface area contributed by atoms with Crippen LogP contribution in [0.1, 0.15) is 38.5 Å². The van der Waals surface area contributed by atoms with Crippen LogP contribution in [0.25, 0.3) is 0 Å². The maximum atomic E-state index is 12.4. The molecule has 96 valence electrons. The highest BCUT2D eigenvalue weighted by Crippen LogP contribution is 2.47. The average molecular weight is 248 g/mol. The molecule has 0 N–H and O–H groups in total. The fraction of sp³-hybridized carbons (Fsp3) is 1.00. The predicted octanol–water partition coefficient (Wildman–Crippen LogP) is 4.70. The lowest BCUT2D eigenvalue weighted by Gasteiger charge is -2.29. The first-order valence-corrected chi connectivity index (χ1v) is 5.36. The lowest BCUT2D eigenvalue weighted by atomic mass is 9.85. The summed E-state index contributed by atoms with van der Waals surface area (Å²) in [6.45, 7) is 0. The minimum absolute atomic E-state index is 0.0314. The van der Waals surface area contributed by atoms with Gasteiger partial charge in [0.15, 0.2) is 5.92 Å². The molecular weight excluding hydrogens is 234 g/mol. The molecule has 0 spiro atoms. The van der Waals surface area contributed by atoms with Crippen molar-refractivity contribution in [2.24, 2.45) is 11.8 Å². The molecule has 0 aliphatic heterocycles. The van der Waals surface area contributed by atoms with Crippen molar-refractivity contribution in [2.75, 3.05) is 0 Å². The summed E-state index contributed by atoms with van der Waals surface area (Å²) in [6.07, 6.45) is -7.88. The minimum Gasteiger partial charge on any atom is -0.170 e.